The maximum absolute atomic E-state index is 14.1. The van der Waals surface area contributed by atoms with Crippen LogP contribution in [0.15, 0.2) is 23.0 Å². The summed E-state index contributed by atoms with van der Waals surface area (Å²) in [7, 11) is -6.70. The second-order valence-corrected chi connectivity index (χ2v) is 11.2. The van der Waals surface area contributed by atoms with Gasteiger partial charge in [0.25, 0.3) is 0 Å². The van der Waals surface area contributed by atoms with Gasteiger partial charge in [-0.05, 0) is 37.3 Å². The third-order valence-corrected chi connectivity index (χ3v) is 7.74. The molecular weight excluding hydrogens is 516 g/mol. The van der Waals surface area contributed by atoms with Crippen molar-refractivity contribution in [1.29, 1.82) is 0 Å². The SMILES string of the molecule is CC[C@]12CCC(OS(=O)(=O)C(F)(F)C(F)(F)OC(F)(F)C(F)F)=C(C)C1=CC[C@@H]2C(=O)C(C)(C)C. The molecule has 0 unspecified atom stereocenters. The largest absolute Gasteiger partial charge is 0.471 e. The van der Waals surface area contributed by atoms with Gasteiger partial charge in [-0.2, -0.15) is 34.8 Å². The van der Waals surface area contributed by atoms with Gasteiger partial charge in [0.2, 0.25) is 0 Å². The Morgan fingerprint density at radius 1 is 1.14 bits per heavy atom. The normalized spacial score (nSPS) is 24.5. The zero-order valence-corrected chi connectivity index (χ0v) is 20.4. The van der Waals surface area contributed by atoms with Gasteiger partial charge in [-0.25, -0.2) is 13.5 Å². The van der Waals surface area contributed by atoms with Crippen molar-refractivity contribution in [2.75, 3.05) is 0 Å². The predicted octanol–water partition coefficient (Wildman–Crippen LogP) is 6.42. The zero-order chi connectivity index (χ0) is 27.4. The lowest BCUT2D eigenvalue weighted by Crippen LogP contribution is -2.53. The number of rotatable bonds is 9. The van der Waals surface area contributed by atoms with E-state index in [2.05, 4.69) is 8.92 Å². The van der Waals surface area contributed by atoms with Gasteiger partial charge in [0.05, 0.1) is 0 Å². The Morgan fingerprint density at radius 3 is 2.14 bits per heavy atom. The van der Waals surface area contributed by atoms with E-state index in [0.717, 1.165) is 0 Å². The van der Waals surface area contributed by atoms with Crippen LogP contribution in [0.4, 0.5) is 35.1 Å². The molecule has 0 spiro atoms. The fourth-order valence-electron chi connectivity index (χ4n) is 4.57. The van der Waals surface area contributed by atoms with Crippen LogP contribution in [0.1, 0.15) is 60.3 Å². The molecule has 0 N–H and O–H groups in total. The first-order valence-electron chi connectivity index (χ1n) is 10.6. The number of ether oxygens (including phenoxy) is 1. The Morgan fingerprint density at radius 2 is 1.69 bits per heavy atom. The van der Waals surface area contributed by atoms with E-state index in [4.69, 9.17) is 0 Å². The molecule has 14 heteroatoms. The smallest absolute Gasteiger partial charge is 0.382 e. The van der Waals surface area contributed by atoms with E-state index in [0.29, 0.717) is 12.0 Å². The summed E-state index contributed by atoms with van der Waals surface area (Å²) in [6.07, 6.45) is -15.5. The molecule has 0 saturated carbocycles. The average molecular weight is 542 g/mol. The van der Waals surface area contributed by atoms with E-state index in [1.165, 1.54) is 6.92 Å². The number of carbonyl (C=O) groups is 1. The quantitative estimate of drug-likeness (QED) is 0.249. The summed E-state index contributed by atoms with van der Waals surface area (Å²) < 4.78 is 136. The summed E-state index contributed by atoms with van der Waals surface area (Å²) >= 11 is 0. The number of fused-ring (bicyclic) bond motifs is 1. The van der Waals surface area contributed by atoms with Crippen LogP contribution >= 0.6 is 0 Å². The fourth-order valence-corrected chi connectivity index (χ4v) is 5.48. The Labute approximate surface area is 197 Å². The molecular formula is C21H26F8O5S. The van der Waals surface area contributed by atoms with Crippen molar-refractivity contribution < 1.29 is 57.3 Å². The van der Waals surface area contributed by atoms with Gasteiger partial charge in [0.15, 0.2) is 0 Å². The highest BCUT2D eigenvalue weighted by molar-refractivity contribution is 7.88. The lowest BCUT2D eigenvalue weighted by molar-refractivity contribution is -0.435. The lowest BCUT2D eigenvalue weighted by Gasteiger charge is -2.43. The van der Waals surface area contributed by atoms with Crippen molar-refractivity contribution in [1.82, 2.24) is 0 Å². The van der Waals surface area contributed by atoms with E-state index < -0.39 is 56.5 Å². The van der Waals surface area contributed by atoms with Crippen LogP contribution in [0.3, 0.4) is 0 Å². The molecule has 2 atom stereocenters. The van der Waals surface area contributed by atoms with Gasteiger partial charge in [0, 0.05) is 23.2 Å². The summed E-state index contributed by atoms with van der Waals surface area (Å²) in [4.78, 5) is 13.0. The zero-order valence-electron chi connectivity index (χ0n) is 19.5. The Bertz CT molecular complexity index is 1030. The first-order chi connectivity index (χ1) is 15.6. The molecule has 202 valence electrons. The van der Waals surface area contributed by atoms with Crippen LogP contribution in [0, 0.1) is 16.7 Å². The van der Waals surface area contributed by atoms with Crippen molar-refractivity contribution in [2.24, 2.45) is 16.7 Å². The van der Waals surface area contributed by atoms with Crippen molar-refractivity contribution in [3.63, 3.8) is 0 Å². The molecule has 0 fully saturated rings. The van der Waals surface area contributed by atoms with Gasteiger partial charge >= 0.3 is 34.0 Å². The van der Waals surface area contributed by atoms with Crippen LogP contribution in [0.2, 0.25) is 0 Å². The molecule has 0 aliphatic heterocycles. The number of carbonyl (C=O) groups excluding carboxylic acids is 1. The first-order valence-corrected chi connectivity index (χ1v) is 12.0. The van der Waals surface area contributed by atoms with Crippen molar-refractivity contribution >= 4 is 15.9 Å². The number of allylic oxidation sites excluding steroid dienone is 4. The third kappa shape index (κ3) is 4.96. The average Bonchev–Trinajstić information content (AvgIpc) is 3.08. The van der Waals surface area contributed by atoms with Crippen molar-refractivity contribution in [3.8, 4) is 0 Å². The highest BCUT2D eigenvalue weighted by Crippen LogP contribution is 2.58. The minimum absolute atomic E-state index is 0.0174. The van der Waals surface area contributed by atoms with E-state index >= 15 is 0 Å². The predicted molar refractivity (Wildman–Crippen MR) is 107 cm³/mol. The summed E-state index contributed by atoms with van der Waals surface area (Å²) in [6, 6.07) is 0. The molecule has 0 heterocycles. The first kappa shape index (κ1) is 29.5. The molecule has 0 aromatic rings. The Hall–Kier alpha value is -1.70. The number of Topliss-reactive ketones (excluding diaryl/α,β-unsaturated/α-hetero) is 1. The van der Waals surface area contributed by atoms with Gasteiger partial charge in [-0.3, -0.25) is 4.79 Å². The number of ketones is 1. The number of hydrogen-bond acceptors (Lipinski definition) is 5. The summed E-state index contributed by atoms with van der Waals surface area (Å²) in [5.74, 6) is -1.22. The molecule has 2 aliphatic carbocycles. The maximum atomic E-state index is 14.1. The van der Waals surface area contributed by atoms with Crippen LogP contribution in [-0.4, -0.2) is 38.1 Å². The highest BCUT2D eigenvalue weighted by atomic mass is 32.2. The molecule has 0 aromatic carbocycles. The van der Waals surface area contributed by atoms with Gasteiger partial charge in [0.1, 0.15) is 11.5 Å². The van der Waals surface area contributed by atoms with Crippen LogP contribution in [0.25, 0.3) is 0 Å². The van der Waals surface area contributed by atoms with Gasteiger partial charge in [-0.1, -0.05) is 33.8 Å². The summed E-state index contributed by atoms with van der Waals surface area (Å²) in [5.41, 5.74) is -1.01. The minimum atomic E-state index is -6.70. The third-order valence-electron chi connectivity index (χ3n) is 6.45. The monoisotopic (exact) mass is 542 g/mol. The Kier molecular flexibility index (Phi) is 7.59. The molecule has 0 amide bonds. The van der Waals surface area contributed by atoms with Gasteiger partial charge < -0.3 is 4.18 Å². The molecule has 0 bridgehead atoms. The molecule has 2 rings (SSSR count). The van der Waals surface area contributed by atoms with Gasteiger partial charge in [-0.15, -0.1) is 0 Å². The van der Waals surface area contributed by atoms with Crippen molar-refractivity contribution in [2.45, 2.75) is 84.2 Å². The topological polar surface area (TPSA) is 69.7 Å². The fraction of sp³-hybridized carbons (Fsp3) is 0.762. The van der Waals surface area contributed by atoms with E-state index in [-0.39, 0.29) is 30.6 Å². The van der Waals surface area contributed by atoms with E-state index in [1.54, 1.807) is 33.8 Å². The minimum Gasteiger partial charge on any atom is -0.382 e. The molecule has 2 aliphatic rings. The van der Waals surface area contributed by atoms with E-state index in [1.807, 2.05) is 0 Å². The van der Waals surface area contributed by atoms with Crippen LogP contribution < -0.4 is 0 Å². The highest BCUT2D eigenvalue weighted by Gasteiger charge is 2.73. The van der Waals surface area contributed by atoms with Crippen LogP contribution in [0.5, 0.6) is 0 Å². The number of hydrogen-bond donors (Lipinski definition) is 0. The summed E-state index contributed by atoms with van der Waals surface area (Å²) in [5, 5.41) is -6.44. The summed E-state index contributed by atoms with van der Waals surface area (Å²) in [6.45, 7) is 8.26. The lowest BCUT2D eigenvalue weighted by atomic mass is 9.61. The standard InChI is InChI=1S/C21H26F8O5S/c1-6-18-10-9-14(11(2)12(18)7-8-13(18)15(30)17(3,4)5)33-35(31,32)21(28,29)20(26,27)34-19(24,25)16(22)23/h7,13,16H,6,8-10H2,1-5H3/t13-,18+/m1/s1. The maximum Gasteiger partial charge on any atom is 0.471 e. The van der Waals surface area contributed by atoms with Crippen molar-refractivity contribution in [3.05, 3.63) is 23.0 Å². The number of halogens is 8. The molecule has 0 saturated heterocycles. The van der Waals surface area contributed by atoms with E-state index in [9.17, 15) is 48.3 Å². The second-order valence-electron chi connectivity index (χ2n) is 9.61. The Balaban J connectivity index is 2.40. The molecule has 0 radical (unpaired) electrons. The molecule has 5 nitrogen and oxygen atoms in total. The number of alkyl halides is 8. The van der Waals surface area contributed by atoms with Crippen LogP contribution in [-0.2, 0) is 23.8 Å². The second kappa shape index (κ2) is 9.00. The molecule has 0 aromatic heterocycles. The molecule has 35 heavy (non-hydrogen) atoms.